The monoisotopic (exact) mass is 328 g/mol. The van der Waals surface area contributed by atoms with Crippen molar-refractivity contribution in [1.29, 1.82) is 0 Å². The number of carboxylic acids is 2. The molecule has 0 radical (unpaired) electrons. The maximum absolute atomic E-state index is 13.2. The fourth-order valence-electron chi connectivity index (χ4n) is 1.55. The summed E-state index contributed by atoms with van der Waals surface area (Å²) in [6, 6.07) is 3.79. The normalized spacial score (nSPS) is 9.78. The first-order valence-corrected chi connectivity index (χ1v) is 6.97. The third-order valence-corrected chi connectivity index (χ3v) is 2.62. The molecule has 0 saturated heterocycles. The average molecular weight is 328 g/mol. The van der Waals surface area contributed by atoms with Crippen LogP contribution in [0.15, 0.2) is 18.2 Å². The molecule has 128 valence electrons. The van der Waals surface area contributed by atoms with Crippen LogP contribution in [0.4, 0.5) is 4.39 Å². The zero-order valence-electron chi connectivity index (χ0n) is 13.3. The molecule has 1 aromatic carbocycles. The number of carbonyl (C=O) groups excluding carboxylic acids is 1. The Balaban J connectivity index is 0.000000585. The number of hydrogen-bond donors (Lipinski definition) is 2. The first kappa shape index (κ1) is 20.6. The Morgan fingerprint density at radius 1 is 1.13 bits per heavy atom. The van der Waals surface area contributed by atoms with Gasteiger partial charge in [-0.2, -0.15) is 0 Å². The molecular weight excluding hydrogens is 307 g/mol. The third-order valence-electron chi connectivity index (χ3n) is 2.62. The Kier molecular flexibility index (Phi) is 9.22. The van der Waals surface area contributed by atoms with Crippen molar-refractivity contribution in [3.05, 3.63) is 29.6 Å². The van der Waals surface area contributed by atoms with Crippen molar-refractivity contribution < 1.29 is 33.7 Å². The third kappa shape index (κ3) is 9.23. The summed E-state index contributed by atoms with van der Waals surface area (Å²) in [5.41, 5.74) is 0.152. The van der Waals surface area contributed by atoms with Crippen LogP contribution < -0.4 is 4.74 Å². The van der Waals surface area contributed by atoms with Crippen LogP contribution in [0.2, 0.25) is 0 Å². The minimum atomic E-state index is -1.05. The summed E-state index contributed by atoms with van der Waals surface area (Å²) in [6.07, 6.45) is -0.117. The number of halogens is 1. The Morgan fingerprint density at radius 2 is 1.74 bits per heavy atom. The van der Waals surface area contributed by atoms with Gasteiger partial charge < -0.3 is 14.9 Å². The molecule has 7 heteroatoms. The largest absolute Gasteiger partial charge is 0.494 e. The van der Waals surface area contributed by atoms with E-state index in [1.54, 1.807) is 0 Å². The van der Waals surface area contributed by atoms with E-state index in [-0.39, 0.29) is 36.5 Å². The van der Waals surface area contributed by atoms with E-state index in [1.807, 2.05) is 13.8 Å². The van der Waals surface area contributed by atoms with Crippen LogP contribution in [0.3, 0.4) is 0 Å². The summed E-state index contributed by atoms with van der Waals surface area (Å²) >= 11 is 0. The van der Waals surface area contributed by atoms with Gasteiger partial charge in [0.15, 0.2) is 17.3 Å². The average Bonchev–Trinajstić information content (AvgIpc) is 2.43. The Labute approximate surface area is 133 Å². The van der Waals surface area contributed by atoms with E-state index in [0.717, 1.165) is 6.07 Å². The topological polar surface area (TPSA) is 101 Å². The lowest BCUT2D eigenvalue weighted by molar-refractivity contribution is -0.138. The lowest BCUT2D eigenvalue weighted by Gasteiger charge is -2.03. The van der Waals surface area contributed by atoms with Gasteiger partial charge in [0.05, 0.1) is 13.5 Å². The summed E-state index contributed by atoms with van der Waals surface area (Å²) in [6.45, 7) is 3.77. The van der Waals surface area contributed by atoms with Gasteiger partial charge in [-0.25, -0.2) is 4.39 Å². The molecule has 2 N–H and O–H groups in total. The van der Waals surface area contributed by atoms with Crippen LogP contribution in [0.1, 0.15) is 43.5 Å². The lowest BCUT2D eigenvalue weighted by atomic mass is 10.1. The van der Waals surface area contributed by atoms with E-state index in [1.165, 1.54) is 19.2 Å². The van der Waals surface area contributed by atoms with E-state index < -0.39 is 23.5 Å². The number of ether oxygens (including phenoxy) is 1. The number of ketones is 1. The van der Waals surface area contributed by atoms with Crippen molar-refractivity contribution in [3.63, 3.8) is 0 Å². The first-order valence-electron chi connectivity index (χ1n) is 6.97. The second kappa shape index (κ2) is 10.3. The van der Waals surface area contributed by atoms with E-state index in [4.69, 9.17) is 14.9 Å². The quantitative estimate of drug-likeness (QED) is 0.746. The predicted molar refractivity (Wildman–Crippen MR) is 81.2 cm³/mol. The van der Waals surface area contributed by atoms with Gasteiger partial charge in [0, 0.05) is 18.4 Å². The molecule has 0 fully saturated rings. The van der Waals surface area contributed by atoms with Gasteiger partial charge in [0.2, 0.25) is 0 Å². The number of carboxylic acid groups (broad SMARTS) is 2. The SMILES string of the molecule is CC(C)CC(=O)O.COc1ccc(C(=O)CCC(=O)O)cc1F. The fraction of sp³-hybridized carbons (Fsp3) is 0.438. The Hall–Kier alpha value is -2.44. The van der Waals surface area contributed by atoms with Crippen molar-refractivity contribution in [2.24, 2.45) is 5.92 Å². The highest BCUT2D eigenvalue weighted by atomic mass is 19.1. The van der Waals surface area contributed by atoms with Gasteiger partial charge in [0.1, 0.15) is 0 Å². The highest BCUT2D eigenvalue weighted by Gasteiger charge is 2.11. The number of aliphatic carboxylic acids is 2. The predicted octanol–water partition coefficient (Wildman–Crippen LogP) is 3.00. The van der Waals surface area contributed by atoms with Crippen molar-refractivity contribution >= 4 is 17.7 Å². The van der Waals surface area contributed by atoms with Gasteiger partial charge in [-0.1, -0.05) is 13.8 Å². The summed E-state index contributed by atoms with van der Waals surface area (Å²) in [5, 5.41) is 16.5. The number of hydrogen-bond acceptors (Lipinski definition) is 4. The Morgan fingerprint density at radius 3 is 2.09 bits per heavy atom. The number of Topliss-reactive ketones (excluding diaryl/α,β-unsaturated/α-hetero) is 1. The molecule has 0 aliphatic heterocycles. The number of carbonyl (C=O) groups is 3. The maximum Gasteiger partial charge on any atom is 0.303 e. The zero-order valence-corrected chi connectivity index (χ0v) is 13.3. The van der Waals surface area contributed by atoms with Crippen LogP contribution in [0.25, 0.3) is 0 Å². The molecule has 1 aromatic rings. The van der Waals surface area contributed by atoms with Crippen molar-refractivity contribution in [1.82, 2.24) is 0 Å². The summed E-state index contributed by atoms with van der Waals surface area (Å²) < 4.78 is 17.9. The van der Waals surface area contributed by atoms with Crippen LogP contribution in [0.5, 0.6) is 5.75 Å². The number of benzene rings is 1. The second-order valence-electron chi connectivity index (χ2n) is 5.16. The van der Waals surface area contributed by atoms with Gasteiger partial charge in [0.25, 0.3) is 0 Å². The van der Waals surface area contributed by atoms with Gasteiger partial charge in [-0.3, -0.25) is 14.4 Å². The molecule has 0 saturated carbocycles. The van der Waals surface area contributed by atoms with E-state index >= 15 is 0 Å². The van der Waals surface area contributed by atoms with Gasteiger partial charge in [-0.05, 0) is 24.1 Å². The van der Waals surface area contributed by atoms with Crippen molar-refractivity contribution in [2.75, 3.05) is 7.11 Å². The minimum absolute atomic E-state index is 0.0507. The molecule has 0 spiro atoms. The van der Waals surface area contributed by atoms with E-state index in [2.05, 4.69) is 0 Å². The highest BCUT2D eigenvalue weighted by molar-refractivity contribution is 5.97. The molecule has 0 aliphatic rings. The molecule has 23 heavy (non-hydrogen) atoms. The molecule has 6 nitrogen and oxygen atoms in total. The number of methoxy groups -OCH3 is 1. The molecule has 0 amide bonds. The van der Waals surface area contributed by atoms with E-state index in [9.17, 15) is 18.8 Å². The maximum atomic E-state index is 13.2. The first-order chi connectivity index (χ1) is 10.7. The van der Waals surface area contributed by atoms with E-state index in [0.29, 0.717) is 0 Å². The lowest BCUT2D eigenvalue weighted by Crippen LogP contribution is -2.04. The molecule has 0 aromatic heterocycles. The fourth-order valence-corrected chi connectivity index (χ4v) is 1.55. The summed E-state index contributed by atoms with van der Waals surface area (Å²) in [5.74, 6) is -2.47. The van der Waals surface area contributed by atoms with Gasteiger partial charge >= 0.3 is 11.9 Å². The molecule has 0 bridgehead atoms. The van der Waals surface area contributed by atoms with Crippen LogP contribution in [-0.4, -0.2) is 35.0 Å². The standard InChI is InChI=1S/C11H11FO4.C5H10O2/c1-16-10-4-2-7(6-8(10)12)9(13)3-5-11(14)15;1-4(2)3-5(6)7/h2,4,6H,3,5H2,1H3,(H,14,15);4H,3H2,1-2H3,(H,6,7). The van der Waals surface area contributed by atoms with Crippen LogP contribution >= 0.6 is 0 Å². The molecule has 0 atom stereocenters. The molecule has 0 unspecified atom stereocenters. The smallest absolute Gasteiger partial charge is 0.303 e. The summed E-state index contributed by atoms with van der Waals surface area (Å²) in [7, 11) is 1.32. The van der Waals surface area contributed by atoms with Crippen molar-refractivity contribution in [2.45, 2.75) is 33.1 Å². The van der Waals surface area contributed by atoms with Gasteiger partial charge in [-0.15, -0.1) is 0 Å². The minimum Gasteiger partial charge on any atom is -0.494 e. The highest BCUT2D eigenvalue weighted by Crippen LogP contribution is 2.18. The molecule has 1 rings (SSSR count). The van der Waals surface area contributed by atoms with Crippen LogP contribution in [-0.2, 0) is 9.59 Å². The second-order valence-corrected chi connectivity index (χ2v) is 5.16. The zero-order chi connectivity index (χ0) is 18.0. The molecule has 0 heterocycles. The molecular formula is C16H21FO6. The summed E-state index contributed by atoms with van der Waals surface area (Å²) in [4.78, 5) is 31.5. The van der Waals surface area contributed by atoms with Crippen molar-refractivity contribution in [3.8, 4) is 5.75 Å². The number of rotatable bonds is 7. The molecule has 0 aliphatic carbocycles. The Bertz CT molecular complexity index is 554. The van der Waals surface area contributed by atoms with Crippen LogP contribution in [0, 0.1) is 11.7 Å².